The molecule has 1 amide bonds. The van der Waals surface area contributed by atoms with Gasteiger partial charge in [-0.3, -0.25) is 4.79 Å². The van der Waals surface area contributed by atoms with Gasteiger partial charge in [-0.05, 0) is 42.8 Å². The van der Waals surface area contributed by atoms with Crippen molar-refractivity contribution in [1.82, 2.24) is 4.98 Å². The van der Waals surface area contributed by atoms with Crippen molar-refractivity contribution in [2.75, 3.05) is 11.1 Å². The van der Waals surface area contributed by atoms with Crippen molar-refractivity contribution in [3.8, 4) is 11.5 Å². The Morgan fingerprint density at radius 2 is 1.90 bits per heavy atom. The van der Waals surface area contributed by atoms with Crippen LogP contribution in [0.1, 0.15) is 12.8 Å². The summed E-state index contributed by atoms with van der Waals surface area (Å²) >= 11 is 1.26. The fraction of sp³-hybridized carbons (Fsp3) is 0.143. The molecule has 0 unspecified atom stereocenters. The number of halogens is 1. The number of carbonyl (C=O) groups excluding carboxylic acids is 1. The summed E-state index contributed by atoms with van der Waals surface area (Å²) in [5.41, 5.74) is 1.37. The Morgan fingerprint density at radius 3 is 2.67 bits per heavy atom. The first-order chi connectivity index (χ1) is 14.4. The fourth-order valence-electron chi connectivity index (χ4n) is 2.92. The molecule has 0 bridgehead atoms. The summed E-state index contributed by atoms with van der Waals surface area (Å²) in [6, 6.07) is 14.1. The van der Waals surface area contributed by atoms with E-state index in [2.05, 4.69) is 10.3 Å². The molecule has 0 aliphatic carbocycles. The highest BCUT2D eigenvalue weighted by Gasteiger charge is 2.16. The van der Waals surface area contributed by atoms with E-state index >= 15 is 0 Å². The Labute approximate surface area is 176 Å². The molecule has 0 atom stereocenters. The molecule has 9 heteroatoms. The van der Waals surface area contributed by atoms with Crippen LogP contribution in [0, 0.1) is 5.82 Å². The van der Waals surface area contributed by atoms with Gasteiger partial charge < -0.3 is 9.73 Å². The largest absolute Gasteiger partial charge is 0.454 e. The van der Waals surface area contributed by atoms with Crippen LogP contribution in [0.5, 0.6) is 0 Å². The van der Waals surface area contributed by atoms with Crippen LogP contribution in [-0.4, -0.2) is 25.1 Å². The predicted octanol–water partition coefficient (Wildman–Crippen LogP) is 4.89. The van der Waals surface area contributed by atoms with Gasteiger partial charge in [0.25, 0.3) is 0 Å². The minimum Gasteiger partial charge on any atom is -0.454 e. The summed E-state index contributed by atoms with van der Waals surface area (Å²) in [7, 11) is -3.56. The van der Waals surface area contributed by atoms with E-state index < -0.39 is 15.7 Å². The molecule has 2 aromatic carbocycles. The Morgan fingerprint density at radius 1 is 1.13 bits per heavy atom. The molecular weight excluding hydrogens is 427 g/mol. The molecule has 0 fully saturated rings. The highest BCUT2D eigenvalue weighted by Crippen LogP contribution is 2.30. The first kappa shape index (κ1) is 20.2. The number of rotatable bonds is 7. The van der Waals surface area contributed by atoms with E-state index in [4.69, 9.17) is 4.42 Å². The first-order valence-electron chi connectivity index (χ1n) is 9.13. The third kappa shape index (κ3) is 4.58. The van der Waals surface area contributed by atoms with Crippen LogP contribution in [0.2, 0.25) is 0 Å². The number of para-hydroxylation sites is 1. The van der Waals surface area contributed by atoms with Gasteiger partial charge in [0.05, 0.1) is 10.6 Å². The number of sulfone groups is 1. The van der Waals surface area contributed by atoms with Crippen LogP contribution < -0.4 is 5.32 Å². The molecular formula is C21H17FN2O4S2. The Hall–Kier alpha value is -3.04. The second-order valence-corrected chi connectivity index (χ2v) is 9.58. The van der Waals surface area contributed by atoms with Crippen molar-refractivity contribution < 1.29 is 22.0 Å². The molecule has 154 valence electrons. The highest BCUT2D eigenvalue weighted by atomic mass is 32.2. The quantitative estimate of drug-likeness (QED) is 0.410. The van der Waals surface area contributed by atoms with Crippen molar-refractivity contribution >= 4 is 43.2 Å². The third-order valence-corrected chi connectivity index (χ3v) is 6.99. The van der Waals surface area contributed by atoms with E-state index in [1.54, 1.807) is 5.38 Å². The molecule has 0 saturated heterocycles. The number of anilines is 1. The van der Waals surface area contributed by atoms with Crippen LogP contribution in [0.25, 0.3) is 22.4 Å². The molecule has 0 radical (unpaired) electrons. The molecule has 0 aliphatic heterocycles. The number of aromatic nitrogens is 1. The average molecular weight is 445 g/mol. The Bertz CT molecular complexity index is 1260. The van der Waals surface area contributed by atoms with E-state index in [1.807, 2.05) is 30.3 Å². The summed E-state index contributed by atoms with van der Waals surface area (Å²) in [6.07, 6.45) is 0.174. The Balaban J connectivity index is 1.33. The van der Waals surface area contributed by atoms with Crippen molar-refractivity contribution in [1.29, 1.82) is 0 Å². The number of nitrogens with one attached hydrogen (secondary N) is 1. The zero-order valence-electron chi connectivity index (χ0n) is 15.7. The van der Waals surface area contributed by atoms with E-state index in [9.17, 15) is 17.6 Å². The molecule has 1 N–H and O–H groups in total. The molecule has 0 aliphatic rings. The molecule has 30 heavy (non-hydrogen) atoms. The lowest BCUT2D eigenvalue weighted by Crippen LogP contribution is -2.14. The van der Waals surface area contributed by atoms with Gasteiger partial charge in [0.2, 0.25) is 5.91 Å². The summed E-state index contributed by atoms with van der Waals surface area (Å²) in [5.74, 6) is -0.416. The van der Waals surface area contributed by atoms with Crippen LogP contribution >= 0.6 is 11.3 Å². The summed E-state index contributed by atoms with van der Waals surface area (Å²) < 4.78 is 43.2. The topological polar surface area (TPSA) is 89.3 Å². The van der Waals surface area contributed by atoms with Gasteiger partial charge in [-0.15, -0.1) is 11.3 Å². The van der Waals surface area contributed by atoms with Gasteiger partial charge in [-0.25, -0.2) is 17.8 Å². The smallest absolute Gasteiger partial charge is 0.226 e. The van der Waals surface area contributed by atoms with Gasteiger partial charge in [0.1, 0.15) is 17.1 Å². The van der Waals surface area contributed by atoms with Crippen LogP contribution in [-0.2, 0) is 14.6 Å². The van der Waals surface area contributed by atoms with Gasteiger partial charge in [-0.1, -0.05) is 18.2 Å². The van der Waals surface area contributed by atoms with Crippen LogP contribution in [0.4, 0.5) is 9.52 Å². The SMILES string of the molecule is O=C(CCCS(=O)(=O)c1ccc(F)cc1)Nc1nc(-c2cc3ccccc3o2)cs1. The molecule has 0 spiro atoms. The number of fused-ring (bicyclic) bond motifs is 1. The molecule has 2 heterocycles. The number of hydrogen-bond acceptors (Lipinski definition) is 6. The number of thiazole rings is 1. The number of furan rings is 1. The van der Waals surface area contributed by atoms with Crippen molar-refractivity contribution in [3.05, 3.63) is 65.8 Å². The zero-order chi connectivity index (χ0) is 21.1. The van der Waals surface area contributed by atoms with Crippen LogP contribution in [0.3, 0.4) is 0 Å². The summed E-state index contributed by atoms with van der Waals surface area (Å²) in [6.45, 7) is 0. The normalized spacial score (nSPS) is 11.6. The minimum atomic E-state index is -3.56. The lowest BCUT2D eigenvalue weighted by atomic mass is 10.2. The number of benzene rings is 2. The molecule has 4 rings (SSSR count). The highest BCUT2D eigenvalue weighted by molar-refractivity contribution is 7.91. The average Bonchev–Trinajstić information content (AvgIpc) is 3.34. The second kappa shape index (κ2) is 8.37. The third-order valence-electron chi connectivity index (χ3n) is 4.42. The fourth-order valence-corrected chi connectivity index (χ4v) is 4.94. The number of nitrogens with zero attached hydrogens (tertiary/aromatic N) is 1. The van der Waals surface area contributed by atoms with Crippen molar-refractivity contribution in [3.63, 3.8) is 0 Å². The van der Waals surface area contributed by atoms with E-state index in [0.717, 1.165) is 23.1 Å². The second-order valence-electron chi connectivity index (χ2n) is 6.61. The lowest BCUT2D eigenvalue weighted by Gasteiger charge is -2.04. The molecule has 6 nitrogen and oxygen atoms in total. The molecule has 0 saturated carbocycles. The first-order valence-corrected chi connectivity index (χ1v) is 11.7. The van der Waals surface area contributed by atoms with E-state index in [-0.39, 0.29) is 29.4 Å². The standard InChI is InChI=1S/C21H17FN2O4S2/c22-15-7-9-16(10-8-15)30(26,27)11-3-6-20(25)24-21-23-17(13-29-21)19-12-14-4-1-2-5-18(14)28-19/h1-2,4-5,7-10,12-13H,3,6,11H2,(H,23,24,25). The maximum Gasteiger partial charge on any atom is 0.226 e. The number of hydrogen-bond donors (Lipinski definition) is 1. The van der Waals surface area contributed by atoms with Gasteiger partial charge in [0, 0.05) is 17.2 Å². The zero-order valence-corrected chi connectivity index (χ0v) is 17.3. The number of amides is 1. The monoisotopic (exact) mass is 444 g/mol. The summed E-state index contributed by atoms with van der Waals surface area (Å²) in [4.78, 5) is 16.6. The van der Waals surface area contributed by atoms with Gasteiger partial charge >= 0.3 is 0 Å². The van der Waals surface area contributed by atoms with E-state index in [1.165, 1.54) is 23.5 Å². The minimum absolute atomic E-state index is 0.0278. The molecule has 4 aromatic rings. The number of carbonyl (C=O) groups is 1. The summed E-state index contributed by atoms with van der Waals surface area (Å²) in [5, 5.41) is 5.85. The maximum atomic E-state index is 12.9. The Kier molecular flexibility index (Phi) is 5.65. The lowest BCUT2D eigenvalue weighted by molar-refractivity contribution is -0.116. The molecule has 2 aromatic heterocycles. The predicted molar refractivity (Wildman–Crippen MR) is 114 cm³/mol. The van der Waals surface area contributed by atoms with Gasteiger partial charge in [0.15, 0.2) is 20.7 Å². The van der Waals surface area contributed by atoms with E-state index in [0.29, 0.717) is 16.6 Å². The van der Waals surface area contributed by atoms with Crippen LogP contribution in [0.15, 0.2) is 69.3 Å². The maximum absolute atomic E-state index is 12.9. The van der Waals surface area contributed by atoms with Crippen molar-refractivity contribution in [2.45, 2.75) is 17.7 Å². The van der Waals surface area contributed by atoms with Crippen molar-refractivity contribution in [2.24, 2.45) is 0 Å². The van der Waals surface area contributed by atoms with Gasteiger partial charge in [-0.2, -0.15) is 0 Å².